The fraction of sp³-hybridized carbons (Fsp3) is 0.0588. The number of ether oxygens (including phenoxy) is 1. The molecule has 7 nitrogen and oxygen atoms in total. The lowest BCUT2D eigenvalue weighted by molar-refractivity contribution is 0.102. The Kier molecular flexibility index (Phi) is 5.64. The lowest BCUT2D eigenvalue weighted by Gasteiger charge is -2.13. The van der Waals surface area contributed by atoms with E-state index in [1.165, 1.54) is 36.8 Å². The van der Waals surface area contributed by atoms with E-state index in [1.54, 1.807) is 35.7 Å². The van der Waals surface area contributed by atoms with E-state index >= 15 is 0 Å². The van der Waals surface area contributed by atoms with Crippen molar-refractivity contribution in [2.45, 2.75) is 4.90 Å². The second-order valence-corrected chi connectivity index (χ2v) is 8.25. The van der Waals surface area contributed by atoms with Gasteiger partial charge < -0.3 is 10.1 Å². The number of aromatic nitrogens is 1. The molecule has 0 saturated carbocycles. The maximum atomic E-state index is 12.8. The molecule has 10 heteroatoms. The molecule has 0 fully saturated rings. The molecule has 0 bridgehead atoms. The van der Waals surface area contributed by atoms with Crippen LogP contribution < -0.4 is 14.8 Å². The third-order valence-corrected chi connectivity index (χ3v) is 5.86. The Bertz CT molecular complexity index is 1050. The SMILES string of the molecule is COc1ccc(NC(=O)c2nccs2)cc1S(=O)(=O)Nc1ccc(Cl)cc1. The minimum absolute atomic E-state index is 0.114. The predicted molar refractivity (Wildman–Crippen MR) is 105 cm³/mol. The summed E-state index contributed by atoms with van der Waals surface area (Å²) in [6, 6.07) is 10.6. The quantitative estimate of drug-likeness (QED) is 0.627. The van der Waals surface area contributed by atoms with Crippen molar-refractivity contribution in [2.75, 3.05) is 17.1 Å². The first-order chi connectivity index (χ1) is 12.9. The van der Waals surface area contributed by atoms with Gasteiger partial charge in [0.15, 0.2) is 5.01 Å². The van der Waals surface area contributed by atoms with Gasteiger partial charge in [-0.05, 0) is 42.5 Å². The highest BCUT2D eigenvalue weighted by Crippen LogP contribution is 2.29. The zero-order chi connectivity index (χ0) is 19.4. The summed E-state index contributed by atoms with van der Waals surface area (Å²) in [5.74, 6) is -0.284. The van der Waals surface area contributed by atoms with Crippen LogP contribution in [0.4, 0.5) is 11.4 Å². The van der Waals surface area contributed by atoms with Gasteiger partial charge in [0.25, 0.3) is 15.9 Å². The van der Waals surface area contributed by atoms with Crippen molar-refractivity contribution in [2.24, 2.45) is 0 Å². The number of sulfonamides is 1. The van der Waals surface area contributed by atoms with Crippen molar-refractivity contribution >= 4 is 50.2 Å². The van der Waals surface area contributed by atoms with Gasteiger partial charge in [0, 0.05) is 28.0 Å². The first-order valence-electron chi connectivity index (χ1n) is 7.56. The van der Waals surface area contributed by atoms with Crippen LogP contribution in [0.5, 0.6) is 5.75 Å². The fourth-order valence-corrected chi connectivity index (χ4v) is 4.12. The molecule has 2 aromatic carbocycles. The van der Waals surface area contributed by atoms with E-state index in [-0.39, 0.29) is 15.7 Å². The van der Waals surface area contributed by atoms with Gasteiger partial charge in [-0.15, -0.1) is 11.3 Å². The van der Waals surface area contributed by atoms with Crippen molar-refractivity contribution < 1.29 is 17.9 Å². The molecule has 0 aliphatic heterocycles. The molecule has 1 aromatic heterocycles. The van der Waals surface area contributed by atoms with Crippen LogP contribution in [0.3, 0.4) is 0 Å². The lowest BCUT2D eigenvalue weighted by atomic mass is 10.3. The van der Waals surface area contributed by atoms with Crippen LogP contribution >= 0.6 is 22.9 Å². The summed E-state index contributed by atoms with van der Waals surface area (Å²) >= 11 is 7.00. The molecular weight excluding hydrogens is 410 g/mol. The number of carbonyl (C=O) groups is 1. The van der Waals surface area contributed by atoms with Crippen molar-refractivity contribution in [3.8, 4) is 5.75 Å². The van der Waals surface area contributed by atoms with Gasteiger partial charge in [-0.3, -0.25) is 9.52 Å². The molecule has 0 aliphatic rings. The lowest BCUT2D eigenvalue weighted by Crippen LogP contribution is -2.16. The van der Waals surface area contributed by atoms with E-state index in [0.29, 0.717) is 16.4 Å². The minimum Gasteiger partial charge on any atom is -0.495 e. The molecule has 2 N–H and O–H groups in total. The van der Waals surface area contributed by atoms with Gasteiger partial charge in [-0.2, -0.15) is 0 Å². The van der Waals surface area contributed by atoms with Gasteiger partial charge >= 0.3 is 0 Å². The average Bonchev–Trinajstić information content (AvgIpc) is 3.18. The zero-order valence-electron chi connectivity index (χ0n) is 14.0. The molecule has 1 heterocycles. The Labute approximate surface area is 165 Å². The predicted octanol–water partition coefficient (Wildman–Crippen LogP) is 3.86. The Hall–Kier alpha value is -2.62. The molecular formula is C17H14ClN3O4S2. The Morgan fingerprint density at radius 1 is 1.15 bits per heavy atom. The van der Waals surface area contributed by atoms with Crippen molar-refractivity contribution in [1.82, 2.24) is 4.98 Å². The van der Waals surface area contributed by atoms with Crippen LogP contribution in [0.1, 0.15) is 9.80 Å². The summed E-state index contributed by atoms with van der Waals surface area (Å²) in [6.45, 7) is 0. The summed E-state index contributed by atoms with van der Waals surface area (Å²) in [4.78, 5) is 15.9. The minimum atomic E-state index is -3.96. The number of nitrogens with zero attached hydrogens (tertiary/aromatic N) is 1. The maximum absolute atomic E-state index is 12.8. The van der Waals surface area contributed by atoms with Crippen LogP contribution in [0, 0.1) is 0 Å². The number of anilines is 2. The van der Waals surface area contributed by atoms with Crippen LogP contribution in [0.25, 0.3) is 0 Å². The van der Waals surface area contributed by atoms with E-state index in [4.69, 9.17) is 16.3 Å². The summed E-state index contributed by atoms with van der Waals surface area (Å²) in [5.41, 5.74) is 0.645. The van der Waals surface area contributed by atoms with Gasteiger partial charge in [-0.25, -0.2) is 13.4 Å². The van der Waals surface area contributed by atoms with E-state index < -0.39 is 15.9 Å². The summed E-state index contributed by atoms with van der Waals surface area (Å²) in [6.07, 6.45) is 1.51. The number of amides is 1. The molecule has 27 heavy (non-hydrogen) atoms. The van der Waals surface area contributed by atoms with E-state index in [9.17, 15) is 13.2 Å². The highest BCUT2D eigenvalue weighted by molar-refractivity contribution is 7.92. The van der Waals surface area contributed by atoms with Crippen LogP contribution in [-0.4, -0.2) is 26.4 Å². The standard InChI is InChI=1S/C17H14ClN3O4S2/c1-25-14-7-6-13(20-16(22)17-19-8-9-26-17)10-15(14)27(23,24)21-12-4-2-11(18)3-5-12/h2-10,21H,1H3,(H,20,22). The third-order valence-electron chi connectivity index (χ3n) is 3.43. The Morgan fingerprint density at radius 3 is 2.48 bits per heavy atom. The number of methoxy groups -OCH3 is 1. The molecule has 0 atom stereocenters. The second kappa shape index (κ2) is 7.95. The van der Waals surface area contributed by atoms with Crippen LogP contribution in [-0.2, 0) is 10.0 Å². The summed E-state index contributed by atoms with van der Waals surface area (Å²) in [5, 5.41) is 5.06. The monoisotopic (exact) mass is 423 g/mol. The van der Waals surface area contributed by atoms with Gasteiger partial charge in [0.2, 0.25) is 0 Å². The molecule has 0 radical (unpaired) electrons. The molecule has 0 saturated heterocycles. The van der Waals surface area contributed by atoms with Gasteiger partial charge in [0.1, 0.15) is 10.6 Å². The van der Waals surface area contributed by atoms with Crippen LogP contribution in [0.15, 0.2) is 58.9 Å². The molecule has 1 amide bonds. The smallest absolute Gasteiger partial charge is 0.284 e. The number of nitrogens with one attached hydrogen (secondary N) is 2. The molecule has 0 unspecified atom stereocenters. The zero-order valence-corrected chi connectivity index (χ0v) is 16.4. The molecule has 3 rings (SSSR count). The number of benzene rings is 2. The molecule has 140 valence electrons. The van der Waals surface area contributed by atoms with Crippen molar-refractivity contribution in [3.05, 3.63) is 64.1 Å². The number of halogens is 1. The third kappa shape index (κ3) is 4.57. The number of rotatable bonds is 6. The largest absolute Gasteiger partial charge is 0.495 e. The molecule has 3 aromatic rings. The second-order valence-electron chi connectivity index (χ2n) is 5.27. The first kappa shape index (κ1) is 19.2. The van der Waals surface area contributed by atoms with Crippen LogP contribution in [0.2, 0.25) is 5.02 Å². The van der Waals surface area contributed by atoms with E-state index in [1.807, 2.05) is 0 Å². The number of hydrogen-bond acceptors (Lipinski definition) is 6. The Morgan fingerprint density at radius 2 is 1.85 bits per heavy atom. The number of carbonyl (C=O) groups excluding carboxylic acids is 1. The summed E-state index contributed by atoms with van der Waals surface area (Å²) in [7, 11) is -2.60. The van der Waals surface area contributed by atoms with Gasteiger partial charge in [0.05, 0.1) is 7.11 Å². The van der Waals surface area contributed by atoms with Crippen molar-refractivity contribution in [3.63, 3.8) is 0 Å². The first-order valence-corrected chi connectivity index (χ1v) is 10.3. The van der Waals surface area contributed by atoms with Crippen molar-refractivity contribution in [1.29, 1.82) is 0 Å². The van der Waals surface area contributed by atoms with Gasteiger partial charge in [-0.1, -0.05) is 11.6 Å². The normalized spacial score (nSPS) is 11.0. The highest BCUT2D eigenvalue weighted by atomic mass is 35.5. The topological polar surface area (TPSA) is 97.4 Å². The van der Waals surface area contributed by atoms with E-state index in [2.05, 4.69) is 15.0 Å². The Balaban J connectivity index is 1.90. The molecule has 0 spiro atoms. The fourth-order valence-electron chi connectivity index (χ4n) is 2.21. The molecule has 0 aliphatic carbocycles. The summed E-state index contributed by atoms with van der Waals surface area (Å²) < 4.78 is 33.2. The van der Waals surface area contributed by atoms with E-state index in [0.717, 1.165) is 0 Å². The number of thiazole rings is 1. The highest BCUT2D eigenvalue weighted by Gasteiger charge is 2.21. The maximum Gasteiger partial charge on any atom is 0.284 e. The number of hydrogen-bond donors (Lipinski definition) is 2. The average molecular weight is 424 g/mol.